The van der Waals surface area contributed by atoms with Crippen molar-refractivity contribution < 1.29 is 4.79 Å². The molecule has 0 N–H and O–H groups in total. The van der Waals surface area contributed by atoms with Crippen molar-refractivity contribution in [2.24, 2.45) is 16.7 Å². The van der Waals surface area contributed by atoms with Gasteiger partial charge in [0.15, 0.2) is 0 Å². The number of anilines is 1. The number of nitrogens with zero attached hydrogens (tertiary/aromatic N) is 2. The van der Waals surface area contributed by atoms with Crippen molar-refractivity contribution in [2.75, 3.05) is 11.9 Å². The minimum Gasteiger partial charge on any atom is -0.300 e. The lowest BCUT2D eigenvalue weighted by Crippen LogP contribution is -2.30. The molecular weight excluding hydrogens is 212 g/mol. The highest BCUT2D eigenvalue weighted by Crippen LogP contribution is 2.68. The summed E-state index contributed by atoms with van der Waals surface area (Å²) in [7, 11) is 1.80. The number of hydrogen-bond acceptors (Lipinski definition) is 2. The lowest BCUT2D eigenvalue weighted by atomic mass is 10.0. The molecule has 3 heteroatoms. The summed E-state index contributed by atoms with van der Waals surface area (Å²) in [5, 5.41) is 0. The van der Waals surface area contributed by atoms with E-state index in [1.165, 1.54) is 0 Å². The van der Waals surface area contributed by atoms with Gasteiger partial charge in [-0.15, -0.1) is 0 Å². The molecular formula is C14H20N2O. The average molecular weight is 232 g/mol. The van der Waals surface area contributed by atoms with Crippen LogP contribution in [0.25, 0.3) is 0 Å². The molecule has 1 aromatic heterocycles. The molecule has 0 aliphatic heterocycles. The Morgan fingerprint density at radius 3 is 2.24 bits per heavy atom. The fourth-order valence-corrected chi connectivity index (χ4v) is 2.67. The standard InChI is InChI=1S/C14H20N2O/c1-13(2)11(14(13,3)4)12(17)16(5)10-8-6-7-9-15-10/h6-9,11H,1-5H3. The van der Waals surface area contributed by atoms with E-state index in [1.54, 1.807) is 18.1 Å². The van der Waals surface area contributed by atoms with Gasteiger partial charge in [-0.25, -0.2) is 4.98 Å². The summed E-state index contributed by atoms with van der Waals surface area (Å²) in [6, 6.07) is 5.61. The van der Waals surface area contributed by atoms with E-state index in [4.69, 9.17) is 0 Å². The van der Waals surface area contributed by atoms with E-state index in [0.717, 1.165) is 5.82 Å². The maximum Gasteiger partial charge on any atom is 0.232 e. The van der Waals surface area contributed by atoms with Gasteiger partial charge in [0.1, 0.15) is 5.82 Å². The number of carbonyl (C=O) groups excluding carboxylic acids is 1. The Hall–Kier alpha value is -1.38. The van der Waals surface area contributed by atoms with Crippen LogP contribution in [0.4, 0.5) is 5.82 Å². The molecule has 0 saturated heterocycles. The highest BCUT2D eigenvalue weighted by molar-refractivity contribution is 5.97. The molecule has 0 radical (unpaired) electrons. The average Bonchev–Trinajstić information content (AvgIpc) is 2.69. The van der Waals surface area contributed by atoms with Gasteiger partial charge in [0.05, 0.1) is 0 Å². The van der Waals surface area contributed by atoms with E-state index in [0.29, 0.717) is 0 Å². The monoisotopic (exact) mass is 232 g/mol. The largest absolute Gasteiger partial charge is 0.300 e. The van der Waals surface area contributed by atoms with E-state index in [9.17, 15) is 4.79 Å². The first-order chi connectivity index (χ1) is 7.80. The van der Waals surface area contributed by atoms with Gasteiger partial charge in [0.25, 0.3) is 0 Å². The van der Waals surface area contributed by atoms with E-state index in [2.05, 4.69) is 32.7 Å². The second-order valence-electron chi connectivity index (χ2n) is 5.96. The SMILES string of the molecule is CN(C(=O)C1C(C)(C)C1(C)C)c1ccccn1. The molecule has 1 aromatic rings. The molecule has 1 amide bonds. The van der Waals surface area contributed by atoms with Gasteiger partial charge in [-0.1, -0.05) is 33.8 Å². The van der Waals surface area contributed by atoms with Gasteiger partial charge in [0, 0.05) is 19.2 Å². The van der Waals surface area contributed by atoms with Crippen LogP contribution < -0.4 is 4.90 Å². The van der Waals surface area contributed by atoms with Crippen LogP contribution in [0.1, 0.15) is 27.7 Å². The zero-order chi connectivity index (χ0) is 12.8. The minimum atomic E-state index is 0.0765. The molecule has 92 valence electrons. The van der Waals surface area contributed by atoms with Gasteiger partial charge < -0.3 is 0 Å². The van der Waals surface area contributed by atoms with Crippen LogP contribution >= 0.6 is 0 Å². The molecule has 17 heavy (non-hydrogen) atoms. The van der Waals surface area contributed by atoms with Crippen LogP contribution in [0.15, 0.2) is 24.4 Å². The van der Waals surface area contributed by atoms with Crippen molar-refractivity contribution in [3.63, 3.8) is 0 Å². The van der Waals surface area contributed by atoms with Gasteiger partial charge in [-0.3, -0.25) is 9.69 Å². The molecule has 0 spiro atoms. The first-order valence-electron chi connectivity index (χ1n) is 5.99. The summed E-state index contributed by atoms with van der Waals surface area (Å²) < 4.78 is 0. The number of amides is 1. The van der Waals surface area contributed by atoms with Crippen molar-refractivity contribution in [3.05, 3.63) is 24.4 Å². The highest BCUT2D eigenvalue weighted by atomic mass is 16.2. The second-order valence-corrected chi connectivity index (χ2v) is 5.96. The molecule has 1 fully saturated rings. The molecule has 1 aliphatic carbocycles. The molecule has 1 heterocycles. The van der Waals surface area contributed by atoms with Crippen molar-refractivity contribution in [1.29, 1.82) is 0 Å². The quantitative estimate of drug-likeness (QED) is 0.785. The van der Waals surface area contributed by atoms with Crippen molar-refractivity contribution in [1.82, 2.24) is 4.98 Å². The molecule has 1 aliphatic rings. The summed E-state index contributed by atoms with van der Waals surface area (Å²) in [4.78, 5) is 18.3. The molecule has 3 nitrogen and oxygen atoms in total. The van der Waals surface area contributed by atoms with E-state index in [1.807, 2.05) is 18.2 Å². The maximum atomic E-state index is 12.4. The zero-order valence-corrected chi connectivity index (χ0v) is 11.2. The Bertz CT molecular complexity index is 423. The van der Waals surface area contributed by atoms with Crippen molar-refractivity contribution in [3.8, 4) is 0 Å². The molecule has 0 unspecified atom stereocenters. The highest BCUT2D eigenvalue weighted by Gasteiger charge is 2.68. The van der Waals surface area contributed by atoms with Crippen LogP contribution in [0.3, 0.4) is 0 Å². The molecule has 0 aromatic carbocycles. The Morgan fingerprint density at radius 1 is 1.24 bits per heavy atom. The van der Waals surface area contributed by atoms with Crippen molar-refractivity contribution in [2.45, 2.75) is 27.7 Å². The van der Waals surface area contributed by atoms with Crippen LogP contribution in [-0.2, 0) is 4.79 Å². The zero-order valence-electron chi connectivity index (χ0n) is 11.2. The third kappa shape index (κ3) is 1.65. The van der Waals surface area contributed by atoms with Crippen molar-refractivity contribution >= 4 is 11.7 Å². The predicted molar refractivity (Wildman–Crippen MR) is 68.7 cm³/mol. The number of hydrogen-bond donors (Lipinski definition) is 0. The van der Waals surface area contributed by atoms with E-state index >= 15 is 0 Å². The predicted octanol–water partition coefficient (Wildman–Crippen LogP) is 2.73. The Labute approximate surface area is 103 Å². The minimum absolute atomic E-state index is 0.0765. The molecule has 1 saturated carbocycles. The number of aromatic nitrogens is 1. The van der Waals surface area contributed by atoms with Crippen LogP contribution in [0.5, 0.6) is 0 Å². The number of rotatable bonds is 2. The Kier molecular flexibility index (Phi) is 2.53. The van der Waals surface area contributed by atoms with Crippen LogP contribution in [0.2, 0.25) is 0 Å². The smallest absolute Gasteiger partial charge is 0.232 e. The lowest BCUT2D eigenvalue weighted by molar-refractivity contribution is -0.120. The second kappa shape index (κ2) is 3.56. The summed E-state index contributed by atoms with van der Waals surface area (Å²) in [5.74, 6) is 0.969. The number of pyridine rings is 1. The summed E-state index contributed by atoms with van der Waals surface area (Å²) in [5.41, 5.74) is 0.153. The fourth-order valence-electron chi connectivity index (χ4n) is 2.67. The first kappa shape index (κ1) is 12.1. The summed E-state index contributed by atoms with van der Waals surface area (Å²) in [6.07, 6.45) is 1.71. The normalized spacial score (nSPS) is 21.0. The number of carbonyl (C=O) groups is 1. The fraction of sp³-hybridized carbons (Fsp3) is 0.571. The summed E-state index contributed by atoms with van der Waals surface area (Å²) >= 11 is 0. The maximum absolute atomic E-state index is 12.4. The first-order valence-corrected chi connectivity index (χ1v) is 5.99. The van der Waals surface area contributed by atoms with Gasteiger partial charge in [0.2, 0.25) is 5.91 Å². The van der Waals surface area contributed by atoms with Gasteiger partial charge >= 0.3 is 0 Å². The lowest BCUT2D eigenvalue weighted by Gasteiger charge is -2.17. The van der Waals surface area contributed by atoms with Crippen LogP contribution in [0, 0.1) is 16.7 Å². The Balaban J connectivity index is 2.19. The van der Waals surface area contributed by atoms with Crippen LogP contribution in [-0.4, -0.2) is 17.9 Å². The van der Waals surface area contributed by atoms with Gasteiger partial charge in [-0.05, 0) is 23.0 Å². The van der Waals surface area contributed by atoms with E-state index in [-0.39, 0.29) is 22.7 Å². The molecule has 2 rings (SSSR count). The van der Waals surface area contributed by atoms with E-state index < -0.39 is 0 Å². The third-order valence-electron chi connectivity index (χ3n) is 4.59. The Morgan fingerprint density at radius 2 is 1.82 bits per heavy atom. The summed E-state index contributed by atoms with van der Waals surface area (Å²) in [6.45, 7) is 8.62. The van der Waals surface area contributed by atoms with Gasteiger partial charge in [-0.2, -0.15) is 0 Å². The molecule has 0 bridgehead atoms. The third-order valence-corrected chi connectivity index (χ3v) is 4.59. The molecule has 0 atom stereocenters. The topological polar surface area (TPSA) is 33.2 Å².